The molecule has 0 N–H and O–H groups in total. The topological polar surface area (TPSA) is 26.3 Å². The lowest BCUT2D eigenvalue weighted by molar-refractivity contribution is -0.140. The van der Waals surface area contributed by atoms with Crippen LogP contribution in [0.25, 0.3) is 0 Å². The normalized spacial score (nSPS) is 20.1. The van der Waals surface area contributed by atoms with Gasteiger partial charge in [0.25, 0.3) is 0 Å². The van der Waals surface area contributed by atoms with Crippen molar-refractivity contribution < 1.29 is 13.9 Å². The molecule has 0 aromatic heterocycles. The number of hydrogen-bond acceptors (Lipinski definition) is 2. The van der Waals surface area contributed by atoms with E-state index in [1.165, 1.54) is 17.6 Å². The van der Waals surface area contributed by atoms with Gasteiger partial charge in [0.2, 0.25) is 5.83 Å². The van der Waals surface area contributed by atoms with Crippen molar-refractivity contribution in [3.63, 3.8) is 0 Å². The van der Waals surface area contributed by atoms with Crippen LogP contribution in [-0.2, 0) is 9.53 Å². The number of esters is 1. The molecule has 0 spiro atoms. The third-order valence-corrected chi connectivity index (χ3v) is 3.84. The van der Waals surface area contributed by atoms with Crippen LogP contribution in [0, 0.1) is 5.41 Å². The smallest absolute Gasteiger partial charge is 0.367 e. The van der Waals surface area contributed by atoms with Crippen molar-refractivity contribution >= 4 is 5.97 Å². The predicted octanol–water partition coefficient (Wildman–Crippen LogP) is 4.88. The van der Waals surface area contributed by atoms with E-state index in [4.69, 9.17) is 0 Å². The molecule has 0 saturated carbocycles. The molecule has 0 bridgehead atoms. The van der Waals surface area contributed by atoms with Gasteiger partial charge >= 0.3 is 5.97 Å². The fourth-order valence-electron chi connectivity index (χ4n) is 2.65. The first-order valence-corrected chi connectivity index (χ1v) is 7.21. The molecule has 0 aromatic rings. The molecule has 2 nitrogen and oxygen atoms in total. The highest BCUT2D eigenvalue weighted by Crippen LogP contribution is 2.40. The molecule has 0 amide bonds. The first-order valence-electron chi connectivity index (χ1n) is 7.21. The second-order valence-corrected chi connectivity index (χ2v) is 5.98. The van der Waals surface area contributed by atoms with Gasteiger partial charge in [-0.05, 0) is 56.6 Å². The minimum Gasteiger partial charge on any atom is -0.461 e. The second-order valence-electron chi connectivity index (χ2n) is 5.98. The van der Waals surface area contributed by atoms with E-state index >= 15 is 0 Å². The first-order chi connectivity index (χ1) is 9.29. The van der Waals surface area contributed by atoms with Crippen molar-refractivity contribution in [2.45, 2.75) is 53.9 Å². The van der Waals surface area contributed by atoms with Gasteiger partial charge in [-0.1, -0.05) is 31.6 Å². The number of ether oxygens (including phenoxy) is 1. The molecule has 3 heteroatoms. The molecule has 112 valence electrons. The summed E-state index contributed by atoms with van der Waals surface area (Å²) in [7, 11) is 0. The summed E-state index contributed by atoms with van der Waals surface area (Å²) in [5.74, 6) is -1.70. The summed E-state index contributed by atoms with van der Waals surface area (Å²) in [4.78, 5) is 11.3. The summed E-state index contributed by atoms with van der Waals surface area (Å²) in [6.45, 7) is 9.97. The summed E-state index contributed by atoms with van der Waals surface area (Å²) in [6.07, 6.45) is 7.04. The molecule has 1 aliphatic rings. The lowest BCUT2D eigenvalue weighted by atomic mass is 9.72. The fourth-order valence-corrected chi connectivity index (χ4v) is 2.65. The lowest BCUT2D eigenvalue weighted by Crippen LogP contribution is -2.19. The second kappa shape index (κ2) is 6.87. The third kappa shape index (κ3) is 4.06. The molecule has 20 heavy (non-hydrogen) atoms. The van der Waals surface area contributed by atoms with E-state index in [9.17, 15) is 9.18 Å². The van der Waals surface area contributed by atoms with Crippen molar-refractivity contribution in [3.05, 3.63) is 34.7 Å². The van der Waals surface area contributed by atoms with Crippen LogP contribution >= 0.6 is 0 Å². The molecule has 0 fully saturated rings. The van der Waals surface area contributed by atoms with Crippen molar-refractivity contribution in [3.8, 4) is 0 Å². The number of rotatable bonds is 4. The van der Waals surface area contributed by atoms with Gasteiger partial charge < -0.3 is 4.74 Å². The zero-order valence-corrected chi connectivity index (χ0v) is 13.2. The van der Waals surface area contributed by atoms with E-state index in [0.717, 1.165) is 12.8 Å². The molecule has 0 heterocycles. The Morgan fingerprint density at radius 2 is 2.10 bits per heavy atom. The molecule has 0 aliphatic heterocycles. The van der Waals surface area contributed by atoms with Crippen LogP contribution in [-0.4, -0.2) is 12.6 Å². The summed E-state index contributed by atoms with van der Waals surface area (Å²) in [6, 6.07) is 0. The van der Waals surface area contributed by atoms with Crippen molar-refractivity contribution in [1.29, 1.82) is 0 Å². The van der Waals surface area contributed by atoms with Gasteiger partial charge in [0.05, 0.1) is 6.61 Å². The number of hydrogen-bond donors (Lipinski definition) is 0. The van der Waals surface area contributed by atoms with Crippen molar-refractivity contribution in [1.82, 2.24) is 0 Å². The standard InChI is InChI=1S/C17H25FO2/c1-6-20-16(19)15(18)13(3)9-10-14-12(2)8-7-11-17(14,4)5/h9-10H,6-8,11H2,1-5H3. The Kier molecular flexibility index (Phi) is 5.73. The Labute approximate surface area is 121 Å². The van der Waals surface area contributed by atoms with Gasteiger partial charge in [-0.3, -0.25) is 0 Å². The largest absolute Gasteiger partial charge is 0.461 e. The SMILES string of the molecule is CCOC(=O)C(F)=C(C)C=CC1=C(C)CCCC1(C)C. The van der Waals surface area contributed by atoms with E-state index < -0.39 is 11.8 Å². The van der Waals surface area contributed by atoms with Gasteiger partial charge in [0.1, 0.15) is 0 Å². The molecule has 0 atom stereocenters. The van der Waals surface area contributed by atoms with Crippen LogP contribution in [0.2, 0.25) is 0 Å². The van der Waals surface area contributed by atoms with E-state index in [0.29, 0.717) is 5.57 Å². The van der Waals surface area contributed by atoms with Gasteiger partial charge in [0, 0.05) is 0 Å². The maximum absolute atomic E-state index is 13.8. The average molecular weight is 280 g/mol. The molecule has 1 rings (SSSR count). The Morgan fingerprint density at radius 3 is 2.65 bits per heavy atom. The van der Waals surface area contributed by atoms with Crippen LogP contribution in [0.5, 0.6) is 0 Å². The number of carbonyl (C=O) groups excluding carboxylic acids is 1. The highest BCUT2D eigenvalue weighted by molar-refractivity contribution is 5.87. The molecule has 1 aliphatic carbocycles. The molecule has 0 radical (unpaired) electrons. The Hall–Kier alpha value is -1.38. The zero-order valence-electron chi connectivity index (χ0n) is 13.2. The minimum atomic E-state index is -0.886. The number of allylic oxidation sites excluding steroid dienone is 5. The van der Waals surface area contributed by atoms with E-state index in [2.05, 4.69) is 25.5 Å². The lowest BCUT2D eigenvalue weighted by Gasteiger charge is -2.32. The molecule has 0 saturated heterocycles. The van der Waals surface area contributed by atoms with Gasteiger partial charge in [-0.25, -0.2) is 4.79 Å². The first kappa shape index (κ1) is 16.7. The zero-order chi connectivity index (χ0) is 15.3. The summed E-state index contributed by atoms with van der Waals surface area (Å²) in [5, 5.41) is 0. The molecule has 0 aromatic carbocycles. The highest BCUT2D eigenvalue weighted by Gasteiger charge is 2.26. The van der Waals surface area contributed by atoms with Crippen LogP contribution in [0.15, 0.2) is 34.7 Å². The molecular formula is C17H25FO2. The summed E-state index contributed by atoms with van der Waals surface area (Å²) in [5.41, 5.74) is 3.02. The van der Waals surface area contributed by atoms with Gasteiger partial charge in [-0.2, -0.15) is 4.39 Å². The molecular weight excluding hydrogens is 255 g/mol. The summed E-state index contributed by atoms with van der Waals surface area (Å²) < 4.78 is 18.4. The van der Waals surface area contributed by atoms with Crippen molar-refractivity contribution in [2.24, 2.45) is 5.41 Å². The van der Waals surface area contributed by atoms with Gasteiger partial charge in [-0.15, -0.1) is 0 Å². The predicted molar refractivity (Wildman–Crippen MR) is 79.9 cm³/mol. The Morgan fingerprint density at radius 1 is 1.45 bits per heavy atom. The maximum atomic E-state index is 13.8. The Bertz CT molecular complexity index is 467. The maximum Gasteiger partial charge on any atom is 0.367 e. The molecule has 0 unspecified atom stereocenters. The number of halogens is 1. The average Bonchev–Trinajstić information content (AvgIpc) is 2.36. The van der Waals surface area contributed by atoms with E-state index in [1.54, 1.807) is 19.9 Å². The fraction of sp³-hybridized carbons (Fsp3) is 0.588. The van der Waals surface area contributed by atoms with Crippen LogP contribution < -0.4 is 0 Å². The van der Waals surface area contributed by atoms with Crippen molar-refractivity contribution in [2.75, 3.05) is 6.61 Å². The van der Waals surface area contributed by atoms with Crippen LogP contribution in [0.1, 0.15) is 53.9 Å². The van der Waals surface area contributed by atoms with Crippen LogP contribution in [0.3, 0.4) is 0 Å². The third-order valence-electron chi connectivity index (χ3n) is 3.84. The summed E-state index contributed by atoms with van der Waals surface area (Å²) >= 11 is 0. The highest BCUT2D eigenvalue weighted by atomic mass is 19.1. The number of carbonyl (C=O) groups is 1. The minimum absolute atomic E-state index is 0.111. The Balaban J connectivity index is 2.96. The monoisotopic (exact) mass is 280 g/mol. The van der Waals surface area contributed by atoms with E-state index in [1.807, 2.05) is 6.08 Å². The van der Waals surface area contributed by atoms with Gasteiger partial charge in [0.15, 0.2) is 0 Å². The van der Waals surface area contributed by atoms with E-state index in [-0.39, 0.29) is 12.0 Å². The van der Waals surface area contributed by atoms with Crippen LogP contribution in [0.4, 0.5) is 4.39 Å². The quantitative estimate of drug-likeness (QED) is 0.417.